The molecule has 0 saturated heterocycles. The molecule has 28 heavy (non-hydrogen) atoms. The summed E-state index contributed by atoms with van der Waals surface area (Å²) in [5.74, 6) is 1.63. The quantitative estimate of drug-likeness (QED) is 0.337. The normalized spacial score (nSPS) is 11.1. The van der Waals surface area contributed by atoms with Crippen LogP contribution in [0.3, 0.4) is 0 Å². The van der Waals surface area contributed by atoms with Crippen LogP contribution in [0.5, 0.6) is 5.75 Å². The van der Waals surface area contributed by atoms with Gasteiger partial charge in [0, 0.05) is 9.75 Å². The molecule has 0 bridgehead atoms. The highest BCUT2D eigenvalue weighted by Crippen LogP contribution is 2.30. The molecular formula is C26H32OS. The summed E-state index contributed by atoms with van der Waals surface area (Å²) < 4.78 is 6.02. The molecule has 2 heteroatoms. The average Bonchev–Trinajstić information content (AvgIpc) is 3.22. The number of ether oxygens (including phenoxy) is 1. The van der Waals surface area contributed by atoms with Crippen molar-refractivity contribution < 1.29 is 4.74 Å². The topological polar surface area (TPSA) is 9.23 Å². The second-order valence-electron chi connectivity index (χ2n) is 7.45. The first-order valence-electron chi connectivity index (χ1n) is 10.6. The maximum Gasteiger partial charge on any atom is 0.119 e. The predicted octanol–water partition coefficient (Wildman–Crippen LogP) is 8.24. The van der Waals surface area contributed by atoms with Crippen molar-refractivity contribution in [2.45, 2.75) is 65.4 Å². The molecule has 2 aromatic carbocycles. The van der Waals surface area contributed by atoms with E-state index in [-0.39, 0.29) is 0 Å². The summed E-state index contributed by atoms with van der Waals surface area (Å²) in [4.78, 5) is 2.78. The molecule has 3 aromatic rings. The fraction of sp³-hybridized carbons (Fsp3) is 0.385. The van der Waals surface area contributed by atoms with Crippen molar-refractivity contribution in [2.24, 2.45) is 0 Å². The zero-order valence-corrected chi connectivity index (χ0v) is 18.2. The monoisotopic (exact) mass is 392 g/mol. The first-order valence-corrected chi connectivity index (χ1v) is 11.5. The molecule has 0 saturated carbocycles. The van der Waals surface area contributed by atoms with Crippen LogP contribution in [-0.2, 0) is 13.0 Å². The van der Waals surface area contributed by atoms with E-state index in [2.05, 4.69) is 81.4 Å². The SMILES string of the molecule is CCCC(CCC)c1ccc(OCc2ccc(-c3ccc(CC)s3)cc2)cc1. The molecule has 1 nitrogen and oxygen atoms in total. The largest absolute Gasteiger partial charge is 0.489 e. The fourth-order valence-corrected chi connectivity index (χ4v) is 4.62. The Kier molecular flexibility index (Phi) is 7.73. The minimum Gasteiger partial charge on any atom is -0.489 e. The minimum atomic E-state index is 0.609. The van der Waals surface area contributed by atoms with Crippen molar-refractivity contribution in [3.63, 3.8) is 0 Å². The van der Waals surface area contributed by atoms with Crippen molar-refractivity contribution in [3.05, 3.63) is 76.7 Å². The summed E-state index contributed by atoms with van der Waals surface area (Å²) in [6.45, 7) is 7.35. The Balaban J connectivity index is 1.57. The van der Waals surface area contributed by atoms with Crippen molar-refractivity contribution in [1.29, 1.82) is 0 Å². The van der Waals surface area contributed by atoms with Crippen LogP contribution in [0.2, 0.25) is 0 Å². The van der Waals surface area contributed by atoms with E-state index in [1.54, 1.807) is 0 Å². The predicted molar refractivity (Wildman–Crippen MR) is 122 cm³/mol. The minimum absolute atomic E-state index is 0.609. The average molecular weight is 393 g/mol. The Morgan fingerprint density at radius 3 is 2.04 bits per heavy atom. The molecule has 0 radical (unpaired) electrons. The van der Waals surface area contributed by atoms with Gasteiger partial charge in [-0.05, 0) is 66.1 Å². The number of hydrogen-bond acceptors (Lipinski definition) is 2. The molecule has 0 aliphatic rings. The van der Waals surface area contributed by atoms with Crippen LogP contribution in [-0.4, -0.2) is 0 Å². The maximum atomic E-state index is 6.02. The number of rotatable bonds is 10. The highest BCUT2D eigenvalue weighted by molar-refractivity contribution is 7.15. The first-order chi connectivity index (χ1) is 13.7. The van der Waals surface area contributed by atoms with E-state index in [4.69, 9.17) is 4.74 Å². The van der Waals surface area contributed by atoms with E-state index < -0.39 is 0 Å². The third-order valence-corrected chi connectivity index (χ3v) is 6.56. The van der Waals surface area contributed by atoms with E-state index in [1.807, 2.05) is 11.3 Å². The number of aryl methyl sites for hydroxylation is 1. The van der Waals surface area contributed by atoms with Gasteiger partial charge in [-0.3, -0.25) is 0 Å². The fourth-order valence-electron chi connectivity index (χ4n) is 3.67. The van der Waals surface area contributed by atoms with Gasteiger partial charge in [0.15, 0.2) is 0 Å². The zero-order chi connectivity index (χ0) is 19.8. The van der Waals surface area contributed by atoms with Gasteiger partial charge in [0.25, 0.3) is 0 Å². The smallest absolute Gasteiger partial charge is 0.119 e. The highest BCUT2D eigenvalue weighted by atomic mass is 32.1. The number of benzene rings is 2. The van der Waals surface area contributed by atoms with Gasteiger partial charge in [-0.25, -0.2) is 0 Å². The van der Waals surface area contributed by atoms with E-state index in [9.17, 15) is 0 Å². The van der Waals surface area contributed by atoms with Gasteiger partial charge < -0.3 is 4.74 Å². The van der Waals surface area contributed by atoms with Crippen molar-refractivity contribution >= 4 is 11.3 Å². The molecule has 0 aliphatic carbocycles. The molecule has 0 N–H and O–H groups in total. The zero-order valence-electron chi connectivity index (χ0n) is 17.4. The Morgan fingerprint density at radius 2 is 1.46 bits per heavy atom. The van der Waals surface area contributed by atoms with Gasteiger partial charge >= 0.3 is 0 Å². The van der Waals surface area contributed by atoms with Gasteiger partial charge in [-0.1, -0.05) is 70.0 Å². The highest BCUT2D eigenvalue weighted by Gasteiger charge is 2.09. The first kappa shape index (κ1) is 20.7. The van der Waals surface area contributed by atoms with Gasteiger partial charge in [0.2, 0.25) is 0 Å². The summed E-state index contributed by atoms with van der Waals surface area (Å²) in [6.07, 6.45) is 6.12. The van der Waals surface area contributed by atoms with Crippen LogP contribution >= 0.6 is 11.3 Å². The molecule has 0 unspecified atom stereocenters. The van der Waals surface area contributed by atoms with Crippen molar-refractivity contribution in [1.82, 2.24) is 0 Å². The van der Waals surface area contributed by atoms with Crippen molar-refractivity contribution in [3.8, 4) is 16.2 Å². The summed E-state index contributed by atoms with van der Waals surface area (Å²) >= 11 is 1.88. The lowest BCUT2D eigenvalue weighted by Crippen LogP contribution is -1.99. The third-order valence-electron chi connectivity index (χ3n) is 5.28. The summed E-state index contributed by atoms with van der Waals surface area (Å²) in [7, 11) is 0. The van der Waals surface area contributed by atoms with Crippen LogP contribution < -0.4 is 4.74 Å². The second-order valence-corrected chi connectivity index (χ2v) is 8.62. The Bertz CT molecular complexity index is 824. The molecule has 0 amide bonds. The second kappa shape index (κ2) is 10.5. The standard InChI is InChI=1S/C26H32OS/c1-4-7-21(8-5-2)22-13-15-24(16-14-22)27-19-20-9-11-23(12-10-20)26-18-17-25(6-3)28-26/h9-18,21H,4-8,19H2,1-3H3. The van der Waals surface area contributed by atoms with E-state index in [1.165, 1.54) is 52.1 Å². The summed E-state index contributed by atoms with van der Waals surface area (Å²) in [5, 5.41) is 0. The van der Waals surface area contributed by atoms with Crippen LogP contribution in [0.15, 0.2) is 60.7 Å². The lowest BCUT2D eigenvalue weighted by Gasteiger charge is -2.16. The van der Waals surface area contributed by atoms with E-state index in [0.717, 1.165) is 12.2 Å². The van der Waals surface area contributed by atoms with Gasteiger partial charge in [0.05, 0.1) is 0 Å². The number of hydrogen-bond donors (Lipinski definition) is 0. The molecular weight excluding hydrogens is 360 g/mol. The van der Waals surface area contributed by atoms with Crippen LogP contribution in [0.4, 0.5) is 0 Å². The molecule has 1 aromatic heterocycles. The van der Waals surface area contributed by atoms with Gasteiger partial charge in [0.1, 0.15) is 12.4 Å². The Hall–Kier alpha value is -2.06. The summed E-state index contributed by atoms with van der Waals surface area (Å²) in [5.41, 5.74) is 3.94. The van der Waals surface area contributed by atoms with Crippen LogP contribution in [0.1, 0.15) is 68.4 Å². The number of thiophene rings is 1. The summed E-state index contributed by atoms with van der Waals surface area (Å²) in [6, 6.07) is 21.9. The van der Waals surface area contributed by atoms with Crippen LogP contribution in [0, 0.1) is 0 Å². The molecule has 148 valence electrons. The molecule has 0 fully saturated rings. The Labute approximate surface area is 174 Å². The molecule has 3 rings (SSSR count). The van der Waals surface area contributed by atoms with Gasteiger partial charge in [-0.15, -0.1) is 11.3 Å². The molecule has 1 heterocycles. The molecule has 0 aliphatic heterocycles. The van der Waals surface area contributed by atoms with E-state index >= 15 is 0 Å². The third kappa shape index (κ3) is 5.48. The molecule has 0 atom stereocenters. The lowest BCUT2D eigenvalue weighted by atomic mass is 9.90. The Morgan fingerprint density at radius 1 is 0.786 bits per heavy atom. The lowest BCUT2D eigenvalue weighted by molar-refractivity contribution is 0.306. The molecule has 0 spiro atoms. The van der Waals surface area contributed by atoms with Gasteiger partial charge in [-0.2, -0.15) is 0 Å². The maximum absolute atomic E-state index is 6.02. The van der Waals surface area contributed by atoms with Crippen LogP contribution in [0.25, 0.3) is 10.4 Å². The van der Waals surface area contributed by atoms with Crippen molar-refractivity contribution in [2.75, 3.05) is 0 Å². The van der Waals surface area contributed by atoms with E-state index in [0.29, 0.717) is 12.5 Å².